The summed E-state index contributed by atoms with van der Waals surface area (Å²) < 4.78 is 0. The van der Waals surface area contributed by atoms with Gasteiger partial charge in [0, 0.05) is 37.6 Å². The number of carbonyl (C=O) groups is 1. The first-order valence-electron chi connectivity index (χ1n) is 9.46. The van der Waals surface area contributed by atoms with E-state index < -0.39 is 0 Å². The van der Waals surface area contributed by atoms with Gasteiger partial charge < -0.3 is 10.2 Å². The topological polar surface area (TPSA) is 59.4 Å². The van der Waals surface area contributed by atoms with Gasteiger partial charge in [-0.3, -0.25) is 9.69 Å². The van der Waals surface area contributed by atoms with E-state index in [1.54, 1.807) is 18.2 Å². The van der Waals surface area contributed by atoms with E-state index in [4.69, 9.17) is 16.9 Å². The molecule has 1 saturated heterocycles. The van der Waals surface area contributed by atoms with E-state index in [1.807, 2.05) is 13.0 Å². The highest BCUT2D eigenvalue weighted by Crippen LogP contribution is 2.25. The van der Waals surface area contributed by atoms with Gasteiger partial charge in [0.2, 0.25) is 5.91 Å². The lowest BCUT2D eigenvalue weighted by atomic mass is 10.1. The standard InChI is InChI=1S/C22H25ClN4O/c1-15-5-4-6-21(16(15)2)27-11-9-26(10-12-27)17(3)22(28)25-19-8-7-18(14-24)20(23)13-19/h4-8,13,17H,9-12H2,1-3H3,(H,25,28)/t17-/m1/s1. The molecule has 1 fully saturated rings. The summed E-state index contributed by atoms with van der Waals surface area (Å²) >= 11 is 6.05. The Morgan fingerprint density at radius 1 is 1.18 bits per heavy atom. The highest BCUT2D eigenvalue weighted by atomic mass is 35.5. The van der Waals surface area contributed by atoms with Crippen LogP contribution in [0.15, 0.2) is 36.4 Å². The highest BCUT2D eigenvalue weighted by molar-refractivity contribution is 6.32. The molecule has 146 valence electrons. The van der Waals surface area contributed by atoms with Crippen LogP contribution in [0.2, 0.25) is 5.02 Å². The number of hydrogen-bond acceptors (Lipinski definition) is 4. The van der Waals surface area contributed by atoms with Gasteiger partial charge in [-0.25, -0.2) is 0 Å². The van der Waals surface area contributed by atoms with Crippen molar-refractivity contribution in [1.29, 1.82) is 5.26 Å². The summed E-state index contributed by atoms with van der Waals surface area (Å²) in [5.74, 6) is -0.0686. The van der Waals surface area contributed by atoms with Crippen molar-refractivity contribution in [1.82, 2.24) is 4.90 Å². The summed E-state index contributed by atoms with van der Waals surface area (Å²) in [6, 6.07) is 13.1. The number of benzene rings is 2. The van der Waals surface area contributed by atoms with Crippen LogP contribution in [-0.4, -0.2) is 43.0 Å². The molecule has 0 unspecified atom stereocenters. The minimum absolute atomic E-state index is 0.0686. The molecule has 28 heavy (non-hydrogen) atoms. The fourth-order valence-corrected chi connectivity index (χ4v) is 3.75. The van der Waals surface area contributed by atoms with Gasteiger partial charge in [0.1, 0.15) is 6.07 Å². The fraction of sp³-hybridized carbons (Fsp3) is 0.364. The number of hydrogen-bond donors (Lipinski definition) is 1. The number of amides is 1. The zero-order chi connectivity index (χ0) is 20.3. The van der Waals surface area contributed by atoms with E-state index in [2.05, 4.69) is 47.2 Å². The lowest BCUT2D eigenvalue weighted by Gasteiger charge is -2.39. The molecule has 6 heteroatoms. The third-order valence-electron chi connectivity index (χ3n) is 5.52. The lowest BCUT2D eigenvalue weighted by Crippen LogP contribution is -2.53. The van der Waals surface area contributed by atoms with E-state index in [0.717, 1.165) is 26.2 Å². The molecule has 2 aromatic rings. The van der Waals surface area contributed by atoms with E-state index in [-0.39, 0.29) is 11.9 Å². The van der Waals surface area contributed by atoms with Crippen LogP contribution >= 0.6 is 11.6 Å². The minimum atomic E-state index is -0.241. The maximum absolute atomic E-state index is 12.7. The largest absolute Gasteiger partial charge is 0.369 e. The molecule has 5 nitrogen and oxygen atoms in total. The second-order valence-corrected chi connectivity index (χ2v) is 7.62. The van der Waals surface area contributed by atoms with Crippen LogP contribution in [-0.2, 0) is 4.79 Å². The SMILES string of the molecule is Cc1cccc(N2CCN([C@H](C)C(=O)Nc3ccc(C#N)c(Cl)c3)CC2)c1C. The van der Waals surface area contributed by atoms with Crippen LogP contribution in [0.1, 0.15) is 23.6 Å². The van der Waals surface area contributed by atoms with Gasteiger partial charge in [-0.05, 0) is 56.2 Å². The third kappa shape index (κ3) is 4.30. The molecule has 0 aliphatic carbocycles. The number of halogens is 1. The summed E-state index contributed by atoms with van der Waals surface area (Å²) in [5.41, 5.74) is 4.90. The van der Waals surface area contributed by atoms with Crippen LogP contribution in [0.5, 0.6) is 0 Å². The third-order valence-corrected chi connectivity index (χ3v) is 5.83. The van der Waals surface area contributed by atoms with Crippen molar-refractivity contribution >= 4 is 28.9 Å². The summed E-state index contributed by atoms with van der Waals surface area (Å²) in [6.07, 6.45) is 0. The predicted molar refractivity (Wildman–Crippen MR) is 114 cm³/mol. The van der Waals surface area contributed by atoms with Crippen molar-refractivity contribution in [2.75, 3.05) is 36.4 Å². The van der Waals surface area contributed by atoms with Crippen LogP contribution in [0.25, 0.3) is 0 Å². The van der Waals surface area contributed by atoms with E-state index in [1.165, 1.54) is 16.8 Å². The van der Waals surface area contributed by atoms with Crippen LogP contribution in [0.4, 0.5) is 11.4 Å². The monoisotopic (exact) mass is 396 g/mol. The van der Waals surface area contributed by atoms with E-state index in [9.17, 15) is 4.79 Å². The van der Waals surface area contributed by atoms with Crippen LogP contribution in [0.3, 0.4) is 0 Å². The van der Waals surface area contributed by atoms with Crippen molar-refractivity contribution in [2.45, 2.75) is 26.8 Å². The maximum Gasteiger partial charge on any atom is 0.241 e. The van der Waals surface area contributed by atoms with Crippen LogP contribution in [0, 0.1) is 25.2 Å². The Hall–Kier alpha value is -2.55. The molecule has 1 N–H and O–H groups in total. The highest BCUT2D eigenvalue weighted by Gasteiger charge is 2.26. The number of rotatable bonds is 4. The van der Waals surface area contributed by atoms with Gasteiger partial charge in [-0.1, -0.05) is 23.7 Å². The number of nitrogens with zero attached hydrogens (tertiary/aromatic N) is 3. The number of nitriles is 1. The number of carbonyl (C=O) groups excluding carboxylic acids is 1. The summed E-state index contributed by atoms with van der Waals surface area (Å²) in [5, 5.41) is 12.2. The zero-order valence-electron chi connectivity index (χ0n) is 16.5. The molecule has 1 heterocycles. The van der Waals surface area contributed by atoms with Gasteiger partial charge in [-0.2, -0.15) is 5.26 Å². The lowest BCUT2D eigenvalue weighted by molar-refractivity contribution is -0.120. The van der Waals surface area contributed by atoms with Gasteiger partial charge in [0.05, 0.1) is 16.6 Å². The average molecular weight is 397 g/mol. The van der Waals surface area contributed by atoms with E-state index >= 15 is 0 Å². The smallest absolute Gasteiger partial charge is 0.241 e. The number of aryl methyl sites for hydroxylation is 1. The van der Waals surface area contributed by atoms with Crippen molar-refractivity contribution in [2.24, 2.45) is 0 Å². The van der Waals surface area contributed by atoms with Gasteiger partial charge in [0.15, 0.2) is 0 Å². The molecule has 0 saturated carbocycles. The molecule has 1 atom stereocenters. The van der Waals surface area contributed by atoms with Crippen molar-refractivity contribution in [3.05, 3.63) is 58.1 Å². The van der Waals surface area contributed by atoms with Crippen molar-refractivity contribution in [3.63, 3.8) is 0 Å². The fourth-order valence-electron chi connectivity index (χ4n) is 3.52. The Kier molecular flexibility index (Phi) is 6.23. The Labute approximate surface area is 171 Å². The second-order valence-electron chi connectivity index (χ2n) is 7.21. The zero-order valence-corrected chi connectivity index (χ0v) is 17.3. The molecular weight excluding hydrogens is 372 g/mol. The Morgan fingerprint density at radius 2 is 1.89 bits per heavy atom. The molecule has 2 aromatic carbocycles. The molecule has 0 aromatic heterocycles. The van der Waals surface area contributed by atoms with Crippen LogP contribution < -0.4 is 10.2 Å². The van der Waals surface area contributed by atoms with Crippen molar-refractivity contribution in [3.8, 4) is 6.07 Å². The Morgan fingerprint density at radius 3 is 2.54 bits per heavy atom. The Balaban J connectivity index is 1.59. The minimum Gasteiger partial charge on any atom is -0.369 e. The summed E-state index contributed by atoms with van der Waals surface area (Å²) in [6.45, 7) is 9.67. The Bertz CT molecular complexity index is 913. The van der Waals surface area contributed by atoms with E-state index in [0.29, 0.717) is 16.3 Å². The first-order chi connectivity index (χ1) is 13.4. The number of anilines is 2. The molecule has 0 spiro atoms. The quantitative estimate of drug-likeness (QED) is 0.849. The molecule has 3 rings (SSSR count). The molecule has 0 radical (unpaired) electrons. The first kappa shape index (κ1) is 20.2. The number of nitrogens with one attached hydrogen (secondary N) is 1. The summed E-state index contributed by atoms with van der Waals surface area (Å²) in [7, 11) is 0. The van der Waals surface area contributed by atoms with Gasteiger partial charge >= 0.3 is 0 Å². The second kappa shape index (κ2) is 8.64. The first-order valence-corrected chi connectivity index (χ1v) is 9.84. The molecule has 1 amide bonds. The van der Waals surface area contributed by atoms with Gasteiger partial charge in [-0.15, -0.1) is 0 Å². The maximum atomic E-state index is 12.7. The van der Waals surface area contributed by atoms with Crippen molar-refractivity contribution < 1.29 is 4.79 Å². The molecule has 1 aliphatic rings. The number of piperazine rings is 1. The average Bonchev–Trinajstić information content (AvgIpc) is 2.70. The van der Waals surface area contributed by atoms with Gasteiger partial charge in [0.25, 0.3) is 0 Å². The summed E-state index contributed by atoms with van der Waals surface area (Å²) in [4.78, 5) is 17.2. The predicted octanol–water partition coefficient (Wildman–Crippen LogP) is 3.98. The molecule has 0 bridgehead atoms. The normalized spacial score (nSPS) is 15.8. The molecule has 1 aliphatic heterocycles. The molecular formula is C22H25ClN4O.